The predicted molar refractivity (Wildman–Crippen MR) is 104 cm³/mol. The topological polar surface area (TPSA) is 61.9 Å². The second-order valence-corrected chi connectivity index (χ2v) is 7.98. The fourth-order valence-corrected chi connectivity index (χ4v) is 4.91. The van der Waals surface area contributed by atoms with Gasteiger partial charge in [-0.2, -0.15) is 5.10 Å². The van der Waals surface area contributed by atoms with E-state index < -0.39 is 0 Å². The summed E-state index contributed by atoms with van der Waals surface area (Å²) in [5, 5.41) is 12.5. The Bertz CT molecular complexity index is 1090. The minimum absolute atomic E-state index is 0.168. The summed E-state index contributed by atoms with van der Waals surface area (Å²) in [4.78, 5) is 20.2. The van der Waals surface area contributed by atoms with Gasteiger partial charge in [-0.3, -0.25) is 14.8 Å². The smallest absolute Gasteiger partial charge is 0.276 e. The van der Waals surface area contributed by atoms with Crippen LogP contribution in [0.2, 0.25) is 5.02 Å². The van der Waals surface area contributed by atoms with Crippen LogP contribution in [0.1, 0.15) is 27.7 Å². The van der Waals surface area contributed by atoms with Crippen LogP contribution in [0.3, 0.4) is 0 Å². The Morgan fingerprint density at radius 1 is 1.12 bits per heavy atom. The highest BCUT2D eigenvalue weighted by molar-refractivity contribution is 7.14. The van der Waals surface area contributed by atoms with Gasteiger partial charge in [0.2, 0.25) is 0 Å². The maximum atomic E-state index is 13.1. The van der Waals surface area contributed by atoms with Crippen molar-refractivity contribution in [3.63, 3.8) is 0 Å². The number of nitrogens with one attached hydrogen (secondary N) is 1. The Kier molecular flexibility index (Phi) is 3.66. The van der Waals surface area contributed by atoms with E-state index in [4.69, 9.17) is 11.6 Å². The molecule has 5 nitrogen and oxygen atoms in total. The lowest BCUT2D eigenvalue weighted by Crippen LogP contribution is -2.29. The second-order valence-electron chi connectivity index (χ2n) is 5.75. The summed E-state index contributed by atoms with van der Waals surface area (Å²) in [6.07, 6.45) is 1.69. The summed E-state index contributed by atoms with van der Waals surface area (Å²) in [5.41, 5.74) is 2.98. The molecule has 0 bridgehead atoms. The van der Waals surface area contributed by atoms with Crippen LogP contribution >= 0.6 is 34.3 Å². The zero-order chi connectivity index (χ0) is 17.7. The number of halogens is 1. The largest absolute Gasteiger partial charge is 0.281 e. The number of carbonyl (C=O) groups is 1. The molecule has 3 aromatic heterocycles. The van der Waals surface area contributed by atoms with Crippen LogP contribution < -0.4 is 4.90 Å². The van der Waals surface area contributed by atoms with E-state index in [0.29, 0.717) is 15.8 Å². The molecule has 0 radical (unpaired) electrons. The molecule has 1 amide bonds. The van der Waals surface area contributed by atoms with Crippen LogP contribution in [0, 0.1) is 0 Å². The number of H-pyrrole nitrogens is 1. The summed E-state index contributed by atoms with van der Waals surface area (Å²) in [6, 6.07) is 11.2. The van der Waals surface area contributed by atoms with Crippen LogP contribution in [0.5, 0.6) is 0 Å². The number of rotatable bonds is 3. The zero-order valence-corrected chi connectivity index (χ0v) is 15.6. The second kappa shape index (κ2) is 6.05. The lowest BCUT2D eigenvalue weighted by atomic mass is 9.98. The monoisotopic (exact) mass is 398 g/mol. The third kappa shape index (κ3) is 2.25. The quantitative estimate of drug-likeness (QED) is 0.528. The van der Waals surface area contributed by atoms with Gasteiger partial charge in [-0.15, -0.1) is 22.7 Å². The van der Waals surface area contributed by atoms with E-state index in [0.717, 1.165) is 21.7 Å². The first-order chi connectivity index (χ1) is 12.8. The number of anilines is 1. The summed E-state index contributed by atoms with van der Waals surface area (Å²) in [5.74, 6) is -0.168. The Labute approximate surface area is 161 Å². The fraction of sp³-hybridized carbons (Fsp3) is 0.0556. The maximum Gasteiger partial charge on any atom is 0.281 e. The summed E-state index contributed by atoms with van der Waals surface area (Å²) < 4.78 is 0. The molecule has 0 saturated heterocycles. The highest BCUT2D eigenvalue weighted by Crippen LogP contribution is 2.47. The highest BCUT2D eigenvalue weighted by Gasteiger charge is 2.45. The molecule has 1 N–H and O–H groups in total. The number of amides is 1. The van der Waals surface area contributed by atoms with Crippen molar-refractivity contribution in [2.45, 2.75) is 6.04 Å². The molecule has 8 heteroatoms. The van der Waals surface area contributed by atoms with E-state index in [2.05, 4.69) is 15.2 Å². The van der Waals surface area contributed by atoms with Crippen molar-refractivity contribution >= 4 is 45.3 Å². The molecule has 1 aliphatic rings. The van der Waals surface area contributed by atoms with Crippen LogP contribution in [0.4, 0.5) is 5.13 Å². The molecule has 0 spiro atoms. The number of hydrogen-bond donors (Lipinski definition) is 1. The lowest BCUT2D eigenvalue weighted by Gasteiger charge is -2.24. The van der Waals surface area contributed by atoms with E-state index in [1.54, 1.807) is 22.4 Å². The zero-order valence-electron chi connectivity index (χ0n) is 13.2. The minimum atomic E-state index is -0.367. The Morgan fingerprint density at radius 3 is 2.73 bits per heavy atom. The van der Waals surface area contributed by atoms with E-state index in [1.807, 2.05) is 47.2 Å². The van der Waals surface area contributed by atoms with Crippen LogP contribution in [-0.4, -0.2) is 21.1 Å². The average Bonchev–Trinajstić information content (AvgIpc) is 3.42. The van der Waals surface area contributed by atoms with Gasteiger partial charge in [0.1, 0.15) is 0 Å². The van der Waals surface area contributed by atoms with Gasteiger partial charge in [0.15, 0.2) is 10.8 Å². The standard InChI is InChI=1S/C18H11ClN4OS2/c19-11-5-2-1-4-10(11)16-13-14(12-6-3-8-25-12)21-22-15(13)17(24)23(16)18-20-7-9-26-18/h1-9,16H,(H,21,22). The van der Waals surface area contributed by atoms with E-state index in [1.165, 1.54) is 11.3 Å². The van der Waals surface area contributed by atoms with Gasteiger partial charge in [-0.25, -0.2) is 4.98 Å². The molecule has 5 rings (SSSR count). The van der Waals surface area contributed by atoms with E-state index in [-0.39, 0.29) is 11.9 Å². The van der Waals surface area contributed by atoms with E-state index >= 15 is 0 Å². The van der Waals surface area contributed by atoms with E-state index in [9.17, 15) is 4.79 Å². The van der Waals surface area contributed by atoms with Crippen molar-refractivity contribution in [2.75, 3.05) is 4.90 Å². The van der Waals surface area contributed by atoms with Gasteiger partial charge in [-0.1, -0.05) is 35.9 Å². The lowest BCUT2D eigenvalue weighted by molar-refractivity contribution is 0.0988. The van der Waals surface area contributed by atoms with Gasteiger partial charge in [0, 0.05) is 22.2 Å². The molecule has 0 aliphatic carbocycles. The molecule has 1 aliphatic heterocycles. The first kappa shape index (κ1) is 15.7. The highest BCUT2D eigenvalue weighted by atomic mass is 35.5. The van der Waals surface area contributed by atoms with Crippen molar-refractivity contribution in [1.82, 2.24) is 15.2 Å². The molecule has 4 heterocycles. The third-order valence-electron chi connectivity index (χ3n) is 4.35. The number of thiazole rings is 1. The summed E-state index contributed by atoms with van der Waals surface area (Å²) in [7, 11) is 0. The predicted octanol–water partition coefficient (Wildman–Crippen LogP) is 5.00. The van der Waals surface area contributed by atoms with Crippen LogP contribution in [0.25, 0.3) is 10.6 Å². The third-order valence-corrected chi connectivity index (χ3v) is 6.35. The average molecular weight is 399 g/mol. The molecule has 4 aromatic rings. The number of benzene rings is 1. The van der Waals surface area contributed by atoms with Gasteiger partial charge < -0.3 is 0 Å². The Morgan fingerprint density at radius 2 is 2.00 bits per heavy atom. The molecular formula is C18H11ClN4OS2. The molecule has 128 valence electrons. The van der Waals surface area contributed by atoms with Crippen molar-refractivity contribution in [1.29, 1.82) is 0 Å². The normalized spacial score (nSPS) is 16.3. The molecule has 1 atom stereocenters. The molecule has 1 aromatic carbocycles. The Balaban J connectivity index is 1.77. The van der Waals surface area contributed by atoms with Gasteiger partial charge in [0.25, 0.3) is 5.91 Å². The van der Waals surface area contributed by atoms with Crippen molar-refractivity contribution < 1.29 is 4.79 Å². The van der Waals surface area contributed by atoms with Crippen LogP contribution in [0.15, 0.2) is 53.4 Å². The van der Waals surface area contributed by atoms with Crippen molar-refractivity contribution in [3.05, 3.63) is 75.2 Å². The van der Waals surface area contributed by atoms with Crippen LogP contribution in [-0.2, 0) is 0 Å². The Hall–Kier alpha value is -2.48. The molecular weight excluding hydrogens is 388 g/mol. The van der Waals surface area contributed by atoms with Gasteiger partial charge >= 0.3 is 0 Å². The molecule has 0 fully saturated rings. The number of fused-ring (bicyclic) bond motifs is 1. The summed E-state index contributed by atoms with van der Waals surface area (Å²) in [6.45, 7) is 0. The van der Waals surface area contributed by atoms with Gasteiger partial charge in [0.05, 0.1) is 16.6 Å². The number of thiophene rings is 1. The molecule has 26 heavy (non-hydrogen) atoms. The fourth-order valence-electron chi connectivity index (χ4n) is 3.27. The number of nitrogens with zero attached hydrogens (tertiary/aromatic N) is 3. The van der Waals surface area contributed by atoms with Crippen molar-refractivity contribution in [2.24, 2.45) is 0 Å². The van der Waals surface area contributed by atoms with Gasteiger partial charge in [-0.05, 0) is 23.1 Å². The number of hydrogen-bond acceptors (Lipinski definition) is 5. The number of carbonyl (C=O) groups excluding carboxylic acids is 1. The maximum absolute atomic E-state index is 13.1. The van der Waals surface area contributed by atoms with Crippen molar-refractivity contribution in [3.8, 4) is 10.6 Å². The molecule has 1 unspecified atom stereocenters. The first-order valence-electron chi connectivity index (χ1n) is 7.85. The summed E-state index contributed by atoms with van der Waals surface area (Å²) >= 11 is 9.53. The minimum Gasteiger partial charge on any atom is -0.276 e. The number of aromatic nitrogens is 3. The first-order valence-corrected chi connectivity index (χ1v) is 9.99. The SMILES string of the molecule is O=C1c2n[nH]c(-c3cccs3)c2C(c2ccccc2Cl)N1c1nccs1. The number of aromatic amines is 1. The molecule has 0 saturated carbocycles.